The number of rotatable bonds is 6. The van der Waals surface area contributed by atoms with E-state index in [0.29, 0.717) is 12.1 Å². The Bertz CT molecular complexity index is 294. The smallest absolute Gasteiger partial charge is 0.156 e. The first kappa shape index (κ1) is 15.2. The number of ether oxygens (including phenoxy) is 1. The highest BCUT2D eigenvalue weighted by molar-refractivity contribution is 8.13. The molecule has 1 heterocycles. The van der Waals surface area contributed by atoms with Gasteiger partial charge in [0.1, 0.15) is 0 Å². The van der Waals surface area contributed by atoms with Crippen LogP contribution < -0.4 is 5.32 Å². The fourth-order valence-corrected chi connectivity index (χ4v) is 3.98. The van der Waals surface area contributed by atoms with E-state index in [1.54, 1.807) is 0 Å². The summed E-state index contributed by atoms with van der Waals surface area (Å²) in [7, 11) is 0. The molecule has 2 rings (SSSR count). The van der Waals surface area contributed by atoms with E-state index in [4.69, 9.17) is 9.73 Å². The summed E-state index contributed by atoms with van der Waals surface area (Å²) in [4.78, 5) is 4.70. The van der Waals surface area contributed by atoms with Gasteiger partial charge in [0.25, 0.3) is 0 Å². The van der Waals surface area contributed by atoms with Crippen LogP contribution in [0, 0.1) is 5.92 Å². The predicted octanol–water partition coefficient (Wildman–Crippen LogP) is 3.44. The maximum absolute atomic E-state index is 5.54. The molecule has 2 unspecified atom stereocenters. The van der Waals surface area contributed by atoms with Crippen LogP contribution in [0.2, 0.25) is 0 Å². The molecular weight excluding hydrogens is 256 g/mol. The van der Waals surface area contributed by atoms with E-state index in [1.807, 2.05) is 11.8 Å². The third kappa shape index (κ3) is 5.35. The van der Waals surface area contributed by atoms with Gasteiger partial charge in [0.15, 0.2) is 5.17 Å². The van der Waals surface area contributed by atoms with Gasteiger partial charge in [-0.05, 0) is 45.4 Å². The summed E-state index contributed by atoms with van der Waals surface area (Å²) in [5, 5.41) is 4.83. The van der Waals surface area contributed by atoms with Gasteiger partial charge >= 0.3 is 0 Å². The van der Waals surface area contributed by atoms with Gasteiger partial charge in [-0.3, -0.25) is 4.99 Å². The van der Waals surface area contributed by atoms with Crippen LogP contribution in [0.1, 0.15) is 52.4 Å². The highest BCUT2D eigenvalue weighted by atomic mass is 32.2. The molecule has 0 aromatic rings. The Morgan fingerprint density at radius 1 is 1.32 bits per heavy atom. The van der Waals surface area contributed by atoms with Crippen LogP contribution in [0.5, 0.6) is 0 Å². The van der Waals surface area contributed by atoms with Crippen LogP contribution in [-0.2, 0) is 4.74 Å². The van der Waals surface area contributed by atoms with E-state index in [2.05, 4.69) is 19.2 Å². The monoisotopic (exact) mass is 284 g/mol. The zero-order chi connectivity index (χ0) is 13.5. The quantitative estimate of drug-likeness (QED) is 0.759. The van der Waals surface area contributed by atoms with Gasteiger partial charge in [-0.2, -0.15) is 0 Å². The lowest BCUT2D eigenvalue weighted by atomic mass is 9.86. The Hall–Kier alpha value is -0.220. The molecule has 4 heteroatoms. The van der Waals surface area contributed by atoms with Crippen LogP contribution in [0.25, 0.3) is 0 Å². The summed E-state index contributed by atoms with van der Waals surface area (Å²) < 4.78 is 5.54. The van der Waals surface area contributed by atoms with Crippen molar-refractivity contribution in [3.63, 3.8) is 0 Å². The highest BCUT2D eigenvalue weighted by Crippen LogP contribution is 2.31. The first-order valence-electron chi connectivity index (χ1n) is 7.81. The van der Waals surface area contributed by atoms with Gasteiger partial charge in [0, 0.05) is 24.9 Å². The highest BCUT2D eigenvalue weighted by Gasteiger charge is 2.29. The minimum absolute atomic E-state index is 0.352. The lowest BCUT2D eigenvalue weighted by Crippen LogP contribution is -2.46. The molecule has 1 aliphatic carbocycles. The van der Waals surface area contributed by atoms with Gasteiger partial charge in [-0.1, -0.05) is 24.6 Å². The van der Waals surface area contributed by atoms with E-state index in [1.165, 1.54) is 36.6 Å². The number of thioether (sulfide) groups is 1. The van der Waals surface area contributed by atoms with E-state index in [0.717, 1.165) is 31.9 Å². The number of hydrogen-bond donors (Lipinski definition) is 1. The third-order valence-corrected chi connectivity index (χ3v) is 5.03. The van der Waals surface area contributed by atoms with Crippen molar-refractivity contribution < 1.29 is 4.74 Å². The summed E-state index contributed by atoms with van der Waals surface area (Å²) >= 11 is 1.93. The maximum atomic E-state index is 5.54. The van der Waals surface area contributed by atoms with Crippen molar-refractivity contribution in [1.82, 2.24) is 5.32 Å². The molecule has 2 atom stereocenters. The van der Waals surface area contributed by atoms with E-state index < -0.39 is 0 Å². The molecule has 0 aromatic carbocycles. The molecule has 0 aromatic heterocycles. The largest absolute Gasteiger partial charge is 0.379 e. The molecule has 110 valence electrons. The number of nitrogens with one attached hydrogen (secondary N) is 1. The first-order chi connectivity index (χ1) is 9.25. The van der Waals surface area contributed by atoms with Gasteiger partial charge in [-0.25, -0.2) is 0 Å². The van der Waals surface area contributed by atoms with Crippen molar-refractivity contribution in [3.8, 4) is 0 Å². The van der Waals surface area contributed by atoms with Crippen molar-refractivity contribution in [1.29, 1.82) is 0 Å². The lowest BCUT2D eigenvalue weighted by Gasteiger charge is -2.36. The molecule has 1 aliphatic heterocycles. The van der Waals surface area contributed by atoms with Crippen molar-refractivity contribution in [2.75, 3.05) is 18.9 Å². The minimum atomic E-state index is 0.352. The summed E-state index contributed by atoms with van der Waals surface area (Å²) in [6, 6.07) is 0.707. The predicted molar refractivity (Wildman–Crippen MR) is 84.0 cm³/mol. The normalized spacial score (nSPS) is 29.3. The fraction of sp³-hybridized carbons (Fsp3) is 0.933. The third-order valence-electron chi connectivity index (χ3n) is 3.91. The second-order valence-corrected chi connectivity index (χ2v) is 6.93. The second-order valence-electron chi connectivity index (χ2n) is 5.92. The number of fused-ring (bicyclic) bond motifs is 1. The summed E-state index contributed by atoms with van der Waals surface area (Å²) in [6.07, 6.45) is 8.16. The molecule has 0 amide bonds. The Kier molecular flexibility index (Phi) is 6.51. The first-order valence-corrected chi connectivity index (χ1v) is 8.79. The van der Waals surface area contributed by atoms with E-state index in [-0.39, 0.29) is 0 Å². The van der Waals surface area contributed by atoms with Crippen LogP contribution in [-0.4, -0.2) is 36.2 Å². The standard InChI is InChI=1S/C15H28N2OS/c1-12(2)18-10-6-5-9-16-15-17-14-8-4-3-7-13(14)11-19-15/h12-14H,3-11H2,1-2H3,(H,16,17). The van der Waals surface area contributed by atoms with Crippen molar-refractivity contribution in [2.24, 2.45) is 10.9 Å². The van der Waals surface area contributed by atoms with Crippen molar-refractivity contribution in [3.05, 3.63) is 0 Å². The van der Waals surface area contributed by atoms with E-state index >= 15 is 0 Å². The minimum Gasteiger partial charge on any atom is -0.379 e. The average molecular weight is 284 g/mol. The summed E-state index contributed by atoms with van der Waals surface area (Å²) in [5.41, 5.74) is 0. The van der Waals surface area contributed by atoms with Crippen molar-refractivity contribution >= 4 is 16.9 Å². The SMILES string of the molecule is CC(C)OCCCCN=C1NC2CCCCC2CS1. The summed E-state index contributed by atoms with van der Waals surface area (Å²) in [5.74, 6) is 2.16. The van der Waals surface area contributed by atoms with E-state index in [9.17, 15) is 0 Å². The Morgan fingerprint density at radius 2 is 2.16 bits per heavy atom. The Morgan fingerprint density at radius 3 is 3.00 bits per heavy atom. The molecule has 2 aliphatic rings. The van der Waals surface area contributed by atoms with Gasteiger partial charge in [0.05, 0.1) is 6.10 Å². The summed E-state index contributed by atoms with van der Waals surface area (Å²) in [6.45, 7) is 5.98. The molecule has 0 bridgehead atoms. The number of nitrogens with zero attached hydrogens (tertiary/aromatic N) is 1. The van der Waals surface area contributed by atoms with Gasteiger partial charge in [-0.15, -0.1) is 0 Å². The number of unbranched alkanes of at least 4 members (excludes halogenated alkanes) is 1. The molecule has 3 nitrogen and oxygen atoms in total. The average Bonchev–Trinajstić information content (AvgIpc) is 2.42. The van der Waals surface area contributed by atoms with Crippen LogP contribution in [0.3, 0.4) is 0 Å². The molecule has 1 N–H and O–H groups in total. The van der Waals surface area contributed by atoms with Crippen LogP contribution >= 0.6 is 11.8 Å². The maximum Gasteiger partial charge on any atom is 0.156 e. The molecule has 0 radical (unpaired) electrons. The molecule has 1 saturated carbocycles. The topological polar surface area (TPSA) is 33.6 Å². The molecule has 1 saturated heterocycles. The Labute approximate surface area is 122 Å². The van der Waals surface area contributed by atoms with Crippen LogP contribution in [0.15, 0.2) is 4.99 Å². The number of hydrogen-bond acceptors (Lipinski definition) is 3. The zero-order valence-corrected chi connectivity index (χ0v) is 13.2. The lowest BCUT2D eigenvalue weighted by molar-refractivity contribution is 0.0764. The zero-order valence-electron chi connectivity index (χ0n) is 12.4. The Balaban J connectivity index is 1.61. The molecule has 2 fully saturated rings. The number of aliphatic imine (C=N–C) groups is 1. The molecular formula is C15H28N2OS. The second kappa shape index (κ2) is 8.15. The molecule has 0 spiro atoms. The number of amidine groups is 1. The fourth-order valence-electron chi connectivity index (χ4n) is 2.79. The van der Waals surface area contributed by atoms with Crippen molar-refractivity contribution in [2.45, 2.75) is 64.5 Å². The van der Waals surface area contributed by atoms with Crippen LogP contribution in [0.4, 0.5) is 0 Å². The molecule has 19 heavy (non-hydrogen) atoms. The van der Waals surface area contributed by atoms with Gasteiger partial charge < -0.3 is 10.1 Å². The van der Waals surface area contributed by atoms with Gasteiger partial charge in [0.2, 0.25) is 0 Å².